The van der Waals surface area contributed by atoms with Gasteiger partial charge in [0.05, 0.1) is 0 Å². The van der Waals surface area contributed by atoms with E-state index in [4.69, 9.17) is 11.6 Å². The van der Waals surface area contributed by atoms with Gasteiger partial charge in [-0.3, -0.25) is 0 Å². The van der Waals surface area contributed by atoms with Crippen LogP contribution in [0.4, 0.5) is 10.5 Å². The molecule has 140 valence electrons. The van der Waals surface area contributed by atoms with Crippen molar-refractivity contribution in [1.82, 2.24) is 4.90 Å². The Labute approximate surface area is 164 Å². The molecule has 2 aromatic rings. The number of carboxylic acid groups (broad SMARTS) is 1. The van der Waals surface area contributed by atoms with Crippen molar-refractivity contribution in [3.63, 3.8) is 0 Å². The highest BCUT2D eigenvalue weighted by molar-refractivity contribution is 6.33. The maximum atomic E-state index is 11.6. The summed E-state index contributed by atoms with van der Waals surface area (Å²) in [6, 6.07) is 13.0. The van der Waals surface area contributed by atoms with Crippen molar-refractivity contribution in [3.05, 3.63) is 52.5 Å². The number of rotatable bonds is 1. The standard InChI is InChI=1S/C22H23ClN2O2/c23-19-7-2-1-6-16(19)15-11-14-5-3-4-9-25-20-8-10-24(22(26)27)13-18(20)17(12-15)21(14)25/h1-2,6-7,11-12,18,20H,3-5,8-10,13H2,(H,26,27)/t18-,20-/m0/s1. The number of halogens is 1. The van der Waals surface area contributed by atoms with Crippen LogP contribution in [0, 0.1) is 0 Å². The first-order valence-electron chi connectivity index (χ1n) is 9.79. The monoisotopic (exact) mass is 382 g/mol. The van der Waals surface area contributed by atoms with Crippen LogP contribution in [0.3, 0.4) is 0 Å². The van der Waals surface area contributed by atoms with Crippen LogP contribution in [0.5, 0.6) is 0 Å². The maximum absolute atomic E-state index is 11.6. The fourth-order valence-corrected chi connectivity index (χ4v) is 5.47. The molecular weight excluding hydrogens is 360 g/mol. The van der Waals surface area contributed by atoms with Gasteiger partial charge in [0.1, 0.15) is 0 Å². The second-order valence-corrected chi connectivity index (χ2v) is 8.30. The fraction of sp³-hybridized carbons (Fsp3) is 0.409. The second kappa shape index (κ2) is 6.45. The summed E-state index contributed by atoms with van der Waals surface area (Å²) in [4.78, 5) is 15.7. The van der Waals surface area contributed by atoms with E-state index in [0.717, 1.165) is 35.5 Å². The summed E-state index contributed by atoms with van der Waals surface area (Å²) < 4.78 is 0. The molecule has 27 heavy (non-hydrogen) atoms. The Morgan fingerprint density at radius 1 is 1.15 bits per heavy atom. The molecule has 1 saturated heterocycles. The number of fused-ring (bicyclic) bond motifs is 3. The van der Waals surface area contributed by atoms with Gasteiger partial charge in [-0.2, -0.15) is 0 Å². The van der Waals surface area contributed by atoms with Crippen LogP contribution in [0.25, 0.3) is 11.1 Å². The quantitative estimate of drug-likeness (QED) is 0.754. The molecule has 0 saturated carbocycles. The van der Waals surface area contributed by atoms with E-state index in [1.54, 1.807) is 4.90 Å². The normalized spacial score (nSPS) is 23.6. The smallest absolute Gasteiger partial charge is 0.407 e. The molecule has 0 bridgehead atoms. The minimum Gasteiger partial charge on any atom is -0.465 e. The van der Waals surface area contributed by atoms with E-state index < -0.39 is 6.09 Å². The lowest BCUT2D eigenvalue weighted by atomic mass is 9.86. The van der Waals surface area contributed by atoms with Gasteiger partial charge in [0, 0.05) is 47.9 Å². The largest absolute Gasteiger partial charge is 0.465 e. The van der Waals surface area contributed by atoms with Crippen LogP contribution in [0.15, 0.2) is 36.4 Å². The number of hydrogen-bond acceptors (Lipinski definition) is 2. The highest BCUT2D eigenvalue weighted by Gasteiger charge is 2.44. The minimum atomic E-state index is -0.803. The number of carbonyl (C=O) groups is 1. The lowest BCUT2D eigenvalue weighted by molar-refractivity contribution is 0.127. The van der Waals surface area contributed by atoms with Gasteiger partial charge in [0.2, 0.25) is 0 Å². The van der Waals surface area contributed by atoms with Crippen LogP contribution < -0.4 is 4.90 Å². The average molecular weight is 383 g/mol. The second-order valence-electron chi connectivity index (χ2n) is 7.89. The number of benzene rings is 2. The van der Waals surface area contributed by atoms with Crippen LogP contribution >= 0.6 is 11.6 Å². The molecular formula is C22H23ClN2O2. The summed E-state index contributed by atoms with van der Waals surface area (Å²) in [7, 11) is 0. The first-order valence-corrected chi connectivity index (χ1v) is 10.2. The number of aryl methyl sites for hydroxylation is 1. The molecule has 0 spiro atoms. The van der Waals surface area contributed by atoms with Crippen molar-refractivity contribution in [2.24, 2.45) is 0 Å². The van der Waals surface area contributed by atoms with Gasteiger partial charge in [-0.15, -0.1) is 0 Å². The fourth-order valence-electron chi connectivity index (χ4n) is 5.23. The molecule has 0 unspecified atom stereocenters. The molecule has 1 fully saturated rings. The number of piperidine rings is 1. The van der Waals surface area contributed by atoms with E-state index in [9.17, 15) is 9.90 Å². The van der Waals surface area contributed by atoms with Crippen molar-refractivity contribution in [2.75, 3.05) is 24.5 Å². The van der Waals surface area contributed by atoms with E-state index in [1.165, 1.54) is 29.7 Å². The number of nitrogens with zero attached hydrogens (tertiary/aromatic N) is 2. The van der Waals surface area contributed by atoms with Crippen LogP contribution in [-0.2, 0) is 6.42 Å². The summed E-state index contributed by atoms with van der Waals surface area (Å²) in [5, 5.41) is 10.3. The molecule has 5 rings (SSSR count). The highest BCUT2D eigenvalue weighted by Crippen LogP contribution is 2.49. The Bertz CT molecular complexity index is 913. The molecule has 2 atom stereocenters. The maximum Gasteiger partial charge on any atom is 0.407 e. The zero-order valence-electron chi connectivity index (χ0n) is 15.2. The third kappa shape index (κ3) is 2.69. The van der Waals surface area contributed by atoms with Gasteiger partial charge in [-0.1, -0.05) is 29.8 Å². The predicted octanol–water partition coefficient (Wildman–Crippen LogP) is 5.00. The first kappa shape index (κ1) is 16.9. The van der Waals surface area contributed by atoms with Crippen molar-refractivity contribution >= 4 is 23.4 Å². The Morgan fingerprint density at radius 2 is 2.00 bits per heavy atom. The topological polar surface area (TPSA) is 43.8 Å². The van der Waals surface area contributed by atoms with Crippen molar-refractivity contribution in [2.45, 2.75) is 37.6 Å². The molecule has 0 radical (unpaired) electrons. The molecule has 0 aliphatic carbocycles. The van der Waals surface area contributed by atoms with Crippen LogP contribution in [0.1, 0.15) is 36.3 Å². The molecule has 2 aromatic carbocycles. The third-order valence-electron chi connectivity index (χ3n) is 6.43. The van der Waals surface area contributed by atoms with Gasteiger partial charge in [-0.25, -0.2) is 4.79 Å². The van der Waals surface area contributed by atoms with Gasteiger partial charge >= 0.3 is 6.09 Å². The SMILES string of the molecule is O=C(O)N1CC[C@H]2[C@@H](C1)c1cc(-c3ccccc3Cl)cc3c1N2CCCC3. The van der Waals surface area contributed by atoms with Gasteiger partial charge in [0.25, 0.3) is 0 Å². The van der Waals surface area contributed by atoms with Gasteiger partial charge < -0.3 is 14.9 Å². The number of amides is 1. The number of anilines is 1. The van der Waals surface area contributed by atoms with Crippen molar-refractivity contribution in [1.29, 1.82) is 0 Å². The molecule has 4 nitrogen and oxygen atoms in total. The third-order valence-corrected chi connectivity index (χ3v) is 6.76. The Hall–Kier alpha value is -2.20. The number of hydrogen-bond donors (Lipinski definition) is 1. The van der Waals surface area contributed by atoms with E-state index >= 15 is 0 Å². The zero-order valence-corrected chi connectivity index (χ0v) is 16.0. The molecule has 3 heterocycles. The average Bonchev–Trinajstić information content (AvgIpc) is 2.83. The Morgan fingerprint density at radius 3 is 2.81 bits per heavy atom. The predicted molar refractivity (Wildman–Crippen MR) is 108 cm³/mol. The summed E-state index contributed by atoms with van der Waals surface area (Å²) in [5.74, 6) is 0.254. The summed E-state index contributed by atoms with van der Waals surface area (Å²) in [6.07, 6.45) is 3.59. The molecule has 1 N–H and O–H groups in total. The lowest BCUT2D eigenvalue weighted by Crippen LogP contribution is -2.48. The molecule has 1 amide bonds. The summed E-state index contributed by atoms with van der Waals surface area (Å²) in [6.45, 7) is 2.31. The summed E-state index contributed by atoms with van der Waals surface area (Å²) in [5.41, 5.74) is 6.31. The van der Waals surface area contributed by atoms with E-state index in [0.29, 0.717) is 19.1 Å². The van der Waals surface area contributed by atoms with Crippen LogP contribution in [-0.4, -0.2) is 41.8 Å². The molecule has 5 heteroatoms. The van der Waals surface area contributed by atoms with E-state index in [-0.39, 0.29) is 5.92 Å². The van der Waals surface area contributed by atoms with Gasteiger partial charge in [0.15, 0.2) is 0 Å². The number of likely N-dealkylation sites (tertiary alicyclic amines) is 1. The highest BCUT2D eigenvalue weighted by atomic mass is 35.5. The van der Waals surface area contributed by atoms with Crippen LogP contribution in [0.2, 0.25) is 5.02 Å². The molecule has 3 aliphatic rings. The first-order chi connectivity index (χ1) is 13.1. The molecule has 3 aliphatic heterocycles. The summed E-state index contributed by atoms with van der Waals surface area (Å²) >= 11 is 6.49. The van der Waals surface area contributed by atoms with E-state index in [2.05, 4.69) is 23.1 Å². The minimum absolute atomic E-state index is 0.254. The van der Waals surface area contributed by atoms with Gasteiger partial charge in [-0.05, 0) is 60.6 Å². The Kier molecular flexibility index (Phi) is 4.05. The Balaban J connectivity index is 1.66. The lowest BCUT2D eigenvalue weighted by Gasteiger charge is -2.37. The zero-order chi connectivity index (χ0) is 18.5. The molecule has 0 aromatic heterocycles. The van der Waals surface area contributed by atoms with E-state index in [1.807, 2.05) is 18.2 Å². The van der Waals surface area contributed by atoms with Crippen molar-refractivity contribution in [3.8, 4) is 11.1 Å². The van der Waals surface area contributed by atoms with Crippen molar-refractivity contribution < 1.29 is 9.90 Å².